The highest BCUT2D eigenvalue weighted by atomic mass is 32.2. The van der Waals surface area contributed by atoms with Crippen molar-refractivity contribution >= 4 is 17.5 Å². The third-order valence-corrected chi connectivity index (χ3v) is 3.43. The molecule has 0 saturated carbocycles. The number of hydrogen-bond acceptors (Lipinski definition) is 2. The average molecular weight is 242 g/mol. The summed E-state index contributed by atoms with van der Waals surface area (Å²) < 4.78 is 0. The molecule has 0 aliphatic rings. The van der Waals surface area contributed by atoms with Gasteiger partial charge in [0.1, 0.15) is 0 Å². The van der Waals surface area contributed by atoms with E-state index in [0.29, 0.717) is 0 Å². The lowest BCUT2D eigenvalue weighted by atomic mass is 10.0. The molecule has 0 spiro atoms. The molecule has 2 aromatic carbocycles. The number of hydrogen-bond donors (Lipinski definition) is 0. The summed E-state index contributed by atoms with van der Waals surface area (Å²) in [6.45, 7) is 2.01. The average Bonchev–Trinajstić information content (AvgIpc) is 2.39. The van der Waals surface area contributed by atoms with Crippen LogP contribution in [0.2, 0.25) is 0 Å². The molecule has 0 saturated heterocycles. The van der Waals surface area contributed by atoms with Crippen LogP contribution in [0.4, 0.5) is 0 Å². The molecule has 17 heavy (non-hydrogen) atoms. The summed E-state index contributed by atoms with van der Waals surface area (Å²) in [5.41, 5.74) is 2.65. The van der Waals surface area contributed by atoms with Crippen molar-refractivity contribution in [2.75, 3.05) is 6.26 Å². The molecule has 0 aliphatic heterocycles. The maximum absolute atomic E-state index is 12.4. The Morgan fingerprint density at radius 3 is 2.41 bits per heavy atom. The van der Waals surface area contributed by atoms with Crippen LogP contribution >= 0.6 is 11.8 Å². The van der Waals surface area contributed by atoms with Crippen molar-refractivity contribution < 1.29 is 4.79 Å². The van der Waals surface area contributed by atoms with Crippen LogP contribution in [0, 0.1) is 6.92 Å². The summed E-state index contributed by atoms with van der Waals surface area (Å²) in [5.74, 6) is 0.0960. The number of thioether (sulfide) groups is 1. The molecule has 0 fully saturated rings. The van der Waals surface area contributed by atoms with Crippen LogP contribution in [0.15, 0.2) is 53.4 Å². The largest absolute Gasteiger partial charge is 0.289 e. The summed E-state index contributed by atoms with van der Waals surface area (Å²) in [6.07, 6.45) is 1.99. The molecule has 2 rings (SSSR count). The number of aryl methyl sites for hydroxylation is 1. The molecule has 0 heterocycles. The Morgan fingerprint density at radius 2 is 1.76 bits per heavy atom. The van der Waals surface area contributed by atoms with Crippen molar-refractivity contribution in [2.45, 2.75) is 11.8 Å². The van der Waals surface area contributed by atoms with Gasteiger partial charge < -0.3 is 0 Å². The number of ketones is 1. The fourth-order valence-electron chi connectivity index (χ4n) is 1.74. The third-order valence-electron chi connectivity index (χ3n) is 2.64. The Hall–Kier alpha value is -1.54. The van der Waals surface area contributed by atoms with Crippen molar-refractivity contribution in [3.63, 3.8) is 0 Å². The van der Waals surface area contributed by atoms with Crippen molar-refractivity contribution in [3.8, 4) is 0 Å². The molecule has 1 nitrogen and oxygen atoms in total. The number of benzene rings is 2. The number of rotatable bonds is 3. The van der Waals surface area contributed by atoms with Crippen LogP contribution in [0.25, 0.3) is 0 Å². The molecule has 86 valence electrons. The smallest absolute Gasteiger partial charge is 0.194 e. The van der Waals surface area contributed by atoms with Gasteiger partial charge in [-0.2, -0.15) is 0 Å². The number of carbonyl (C=O) groups is 1. The van der Waals surface area contributed by atoms with E-state index in [1.807, 2.05) is 61.7 Å². The van der Waals surface area contributed by atoms with E-state index in [2.05, 4.69) is 0 Å². The van der Waals surface area contributed by atoms with Gasteiger partial charge in [0.2, 0.25) is 0 Å². The minimum absolute atomic E-state index is 0.0960. The van der Waals surface area contributed by atoms with Gasteiger partial charge in [-0.1, -0.05) is 42.0 Å². The first-order valence-electron chi connectivity index (χ1n) is 5.47. The second kappa shape index (κ2) is 5.19. The maximum Gasteiger partial charge on any atom is 0.194 e. The van der Waals surface area contributed by atoms with Gasteiger partial charge in [-0.15, -0.1) is 11.8 Å². The Bertz CT molecular complexity index is 532. The summed E-state index contributed by atoms with van der Waals surface area (Å²) in [4.78, 5) is 13.4. The molecular weight excluding hydrogens is 228 g/mol. The highest BCUT2D eigenvalue weighted by Crippen LogP contribution is 2.24. The van der Waals surface area contributed by atoms with E-state index in [1.165, 1.54) is 0 Å². The van der Waals surface area contributed by atoms with Crippen LogP contribution in [-0.2, 0) is 0 Å². The van der Waals surface area contributed by atoms with E-state index in [1.54, 1.807) is 11.8 Å². The molecule has 2 heteroatoms. The van der Waals surface area contributed by atoms with Crippen LogP contribution in [0.3, 0.4) is 0 Å². The van der Waals surface area contributed by atoms with E-state index < -0.39 is 0 Å². The fourth-order valence-corrected chi connectivity index (χ4v) is 2.32. The summed E-state index contributed by atoms with van der Waals surface area (Å²) in [5, 5.41) is 0. The lowest BCUT2D eigenvalue weighted by Gasteiger charge is -2.07. The SMILES string of the molecule is CSc1ccc(C)cc1C(=O)c1ccccc1. The van der Waals surface area contributed by atoms with Crippen molar-refractivity contribution in [1.82, 2.24) is 0 Å². The molecule has 2 aromatic rings. The lowest BCUT2D eigenvalue weighted by molar-refractivity contribution is 0.103. The van der Waals surface area contributed by atoms with Gasteiger partial charge in [0.25, 0.3) is 0 Å². The maximum atomic E-state index is 12.4. The van der Waals surface area contributed by atoms with E-state index in [4.69, 9.17) is 0 Å². The van der Waals surface area contributed by atoms with E-state index >= 15 is 0 Å². The van der Waals surface area contributed by atoms with Crippen LogP contribution in [-0.4, -0.2) is 12.0 Å². The van der Waals surface area contributed by atoms with Gasteiger partial charge in [-0.3, -0.25) is 4.79 Å². The Labute approximate surface area is 106 Å². The Balaban J connectivity index is 2.47. The van der Waals surface area contributed by atoms with Gasteiger partial charge in [0.15, 0.2) is 5.78 Å². The highest BCUT2D eigenvalue weighted by molar-refractivity contribution is 7.98. The first kappa shape index (κ1) is 11.9. The predicted molar refractivity (Wildman–Crippen MR) is 72.8 cm³/mol. The molecule has 0 atom stereocenters. The second-order valence-corrected chi connectivity index (χ2v) is 4.75. The van der Waals surface area contributed by atoms with Gasteiger partial charge in [0.05, 0.1) is 0 Å². The Kier molecular flexibility index (Phi) is 3.64. The standard InChI is InChI=1S/C15H14OS/c1-11-8-9-14(17-2)13(10-11)15(16)12-6-4-3-5-7-12/h3-10H,1-2H3. The number of carbonyl (C=O) groups excluding carboxylic acids is 1. The van der Waals surface area contributed by atoms with Crippen LogP contribution in [0.1, 0.15) is 21.5 Å². The zero-order valence-electron chi connectivity index (χ0n) is 9.94. The van der Waals surface area contributed by atoms with Gasteiger partial charge in [-0.25, -0.2) is 0 Å². The zero-order chi connectivity index (χ0) is 12.3. The van der Waals surface area contributed by atoms with Crippen molar-refractivity contribution in [1.29, 1.82) is 0 Å². The lowest BCUT2D eigenvalue weighted by Crippen LogP contribution is -2.03. The first-order chi connectivity index (χ1) is 8.22. The third kappa shape index (κ3) is 2.59. The second-order valence-electron chi connectivity index (χ2n) is 3.90. The predicted octanol–water partition coefficient (Wildman–Crippen LogP) is 3.95. The van der Waals surface area contributed by atoms with E-state index in [0.717, 1.165) is 21.6 Å². The monoisotopic (exact) mass is 242 g/mol. The molecule has 0 aromatic heterocycles. The zero-order valence-corrected chi connectivity index (χ0v) is 10.8. The normalized spacial score (nSPS) is 10.2. The Morgan fingerprint density at radius 1 is 1.06 bits per heavy atom. The molecule has 0 N–H and O–H groups in total. The van der Waals surface area contributed by atoms with Crippen molar-refractivity contribution in [3.05, 3.63) is 65.2 Å². The van der Waals surface area contributed by atoms with Crippen molar-refractivity contribution in [2.24, 2.45) is 0 Å². The van der Waals surface area contributed by atoms with Crippen LogP contribution in [0.5, 0.6) is 0 Å². The van der Waals surface area contributed by atoms with E-state index in [-0.39, 0.29) is 5.78 Å². The topological polar surface area (TPSA) is 17.1 Å². The molecule has 0 radical (unpaired) electrons. The molecule has 0 unspecified atom stereocenters. The van der Waals surface area contributed by atoms with Gasteiger partial charge >= 0.3 is 0 Å². The van der Waals surface area contributed by atoms with E-state index in [9.17, 15) is 4.79 Å². The molecule has 0 bridgehead atoms. The summed E-state index contributed by atoms with van der Waals surface area (Å²) >= 11 is 1.61. The molecule has 0 amide bonds. The highest BCUT2D eigenvalue weighted by Gasteiger charge is 2.12. The quantitative estimate of drug-likeness (QED) is 0.599. The minimum Gasteiger partial charge on any atom is -0.289 e. The van der Waals surface area contributed by atoms with Gasteiger partial charge in [-0.05, 0) is 25.3 Å². The van der Waals surface area contributed by atoms with Crippen LogP contribution < -0.4 is 0 Å². The molecular formula is C15H14OS. The van der Waals surface area contributed by atoms with Gasteiger partial charge in [0, 0.05) is 16.0 Å². The summed E-state index contributed by atoms with van der Waals surface area (Å²) in [6, 6.07) is 15.4. The summed E-state index contributed by atoms with van der Waals surface area (Å²) in [7, 11) is 0. The molecule has 0 aliphatic carbocycles. The first-order valence-corrected chi connectivity index (χ1v) is 6.69. The fraction of sp³-hybridized carbons (Fsp3) is 0.133. The minimum atomic E-state index is 0.0960.